The van der Waals surface area contributed by atoms with Crippen LogP contribution in [-0.4, -0.2) is 44.3 Å². The summed E-state index contributed by atoms with van der Waals surface area (Å²) in [6.45, 7) is 1.47. The van der Waals surface area contributed by atoms with E-state index in [1.807, 2.05) is 0 Å². The SMILES string of the molecule is C/C(=C/C(=O)NCC(=O)N[C@H]1CCS(=O)(=O)C1)c1ccc(F)cc1. The summed E-state index contributed by atoms with van der Waals surface area (Å²) in [6, 6.07) is 5.32. The summed E-state index contributed by atoms with van der Waals surface area (Å²) in [5.41, 5.74) is 1.34. The molecule has 1 saturated heterocycles. The maximum Gasteiger partial charge on any atom is 0.244 e. The second-order valence-corrected chi connectivity index (χ2v) is 7.95. The number of nitrogens with one attached hydrogen (secondary N) is 2. The standard InChI is InChI=1S/C16H19FN2O4S/c1-11(12-2-4-13(17)5-3-12)8-15(20)18-9-16(21)19-14-6-7-24(22,23)10-14/h2-5,8,14H,6-7,9-10H2,1H3,(H,18,20)(H,19,21)/b11-8-/t14-/m0/s1. The molecule has 1 aromatic rings. The van der Waals surface area contributed by atoms with Crippen molar-refractivity contribution < 1.29 is 22.4 Å². The summed E-state index contributed by atoms with van der Waals surface area (Å²) in [5.74, 6) is -1.23. The van der Waals surface area contributed by atoms with Crippen molar-refractivity contribution in [3.05, 3.63) is 41.7 Å². The molecule has 1 atom stereocenters. The average Bonchev–Trinajstić information content (AvgIpc) is 2.84. The van der Waals surface area contributed by atoms with Gasteiger partial charge in [0.05, 0.1) is 18.1 Å². The van der Waals surface area contributed by atoms with E-state index in [0.29, 0.717) is 17.6 Å². The Kier molecular flexibility index (Phi) is 5.71. The van der Waals surface area contributed by atoms with Crippen LogP contribution in [0.25, 0.3) is 5.57 Å². The lowest BCUT2D eigenvalue weighted by molar-refractivity contribution is -0.124. The molecule has 0 aromatic heterocycles. The van der Waals surface area contributed by atoms with Crippen molar-refractivity contribution in [3.8, 4) is 0 Å². The fourth-order valence-electron chi connectivity index (χ4n) is 2.40. The third-order valence-electron chi connectivity index (χ3n) is 3.67. The molecule has 2 amide bonds. The summed E-state index contributed by atoms with van der Waals surface area (Å²) in [7, 11) is -3.06. The molecule has 2 N–H and O–H groups in total. The van der Waals surface area contributed by atoms with Gasteiger partial charge in [-0.25, -0.2) is 12.8 Å². The smallest absolute Gasteiger partial charge is 0.244 e. The van der Waals surface area contributed by atoms with Crippen LogP contribution < -0.4 is 10.6 Å². The molecular formula is C16H19FN2O4S. The minimum atomic E-state index is -3.06. The first-order chi connectivity index (χ1) is 11.2. The van der Waals surface area contributed by atoms with Crippen LogP contribution in [0.3, 0.4) is 0 Å². The number of allylic oxidation sites excluding steroid dienone is 1. The summed E-state index contributed by atoms with van der Waals surface area (Å²) in [5, 5.41) is 5.02. The lowest BCUT2D eigenvalue weighted by Crippen LogP contribution is -2.42. The van der Waals surface area contributed by atoms with E-state index >= 15 is 0 Å². The number of rotatable bonds is 5. The Morgan fingerprint density at radius 3 is 2.54 bits per heavy atom. The minimum Gasteiger partial charge on any atom is -0.351 e. The molecule has 0 aliphatic carbocycles. The van der Waals surface area contributed by atoms with Gasteiger partial charge in [0.1, 0.15) is 5.82 Å². The number of carbonyl (C=O) groups excluding carboxylic acids is 2. The second-order valence-electron chi connectivity index (χ2n) is 5.72. The number of sulfone groups is 1. The first kappa shape index (κ1) is 18.1. The van der Waals surface area contributed by atoms with Crippen LogP contribution in [-0.2, 0) is 19.4 Å². The van der Waals surface area contributed by atoms with Crippen LogP contribution in [0.5, 0.6) is 0 Å². The fourth-order valence-corrected chi connectivity index (χ4v) is 4.07. The number of carbonyl (C=O) groups is 2. The third kappa shape index (κ3) is 5.45. The van der Waals surface area contributed by atoms with E-state index in [0.717, 1.165) is 0 Å². The zero-order valence-corrected chi connectivity index (χ0v) is 14.0. The molecule has 0 spiro atoms. The quantitative estimate of drug-likeness (QED) is 0.760. The molecule has 8 heteroatoms. The lowest BCUT2D eigenvalue weighted by Gasteiger charge is -2.11. The summed E-state index contributed by atoms with van der Waals surface area (Å²) >= 11 is 0. The molecule has 0 saturated carbocycles. The maximum atomic E-state index is 12.9. The molecule has 1 aliphatic heterocycles. The van der Waals surface area contributed by atoms with Crippen molar-refractivity contribution in [3.63, 3.8) is 0 Å². The Bertz CT molecular complexity index is 757. The Hall–Kier alpha value is -2.22. The topological polar surface area (TPSA) is 92.3 Å². The molecule has 2 rings (SSSR count). The van der Waals surface area contributed by atoms with Gasteiger partial charge >= 0.3 is 0 Å². The Balaban J connectivity index is 1.81. The second kappa shape index (κ2) is 7.57. The normalized spacial score (nSPS) is 19.8. The summed E-state index contributed by atoms with van der Waals surface area (Å²) < 4.78 is 35.5. The zero-order valence-electron chi connectivity index (χ0n) is 13.2. The Labute approximate surface area is 140 Å². The number of halogens is 1. The maximum absolute atomic E-state index is 12.9. The van der Waals surface area contributed by atoms with Gasteiger partial charge in [-0.15, -0.1) is 0 Å². The van der Waals surface area contributed by atoms with Crippen LogP contribution in [0.1, 0.15) is 18.9 Å². The average molecular weight is 354 g/mol. The molecule has 1 heterocycles. The van der Waals surface area contributed by atoms with E-state index in [4.69, 9.17) is 0 Å². The van der Waals surface area contributed by atoms with E-state index in [1.165, 1.54) is 18.2 Å². The lowest BCUT2D eigenvalue weighted by atomic mass is 10.1. The van der Waals surface area contributed by atoms with Crippen molar-refractivity contribution in [2.45, 2.75) is 19.4 Å². The van der Waals surface area contributed by atoms with Crippen molar-refractivity contribution in [2.75, 3.05) is 18.1 Å². The highest BCUT2D eigenvalue weighted by Gasteiger charge is 2.28. The molecular weight excluding hydrogens is 335 g/mol. The van der Waals surface area contributed by atoms with Gasteiger partial charge in [-0.3, -0.25) is 9.59 Å². The summed E-state index contributed by atoms with van der Waals surface area (Å²) in [6.07, 6.45) is 1.71. The molecule has 0 bridgehead atoms. The molecule has 6 nitrogen and oxygen atoms in total. The molecule has 1 aromatic carbocycles. The summed E-state index contributed by atoms with van der Waals surface area (Å²) in [4.78, 5) is 23.5. The van der Waals surface area contributed by atoms with Crippen LogP contribution in [0.15, 0.2) is 30.3 Å². The van der Waals surface area contributed by atoms with Crippen molar-refractivity contribution in [2.24, 2.45) is 0 Å². The van der Waals surface area contributed by atoms with E-state index in [9.17, 15) is 22.4 Å². The highest BCUT2D eigenvalue weighted by atomic mass is 32.2. The van der Waals surface area contributed by atoms with E-state index in [-0.39, 0.29) is 23.9 Å². The van der Waals surface area contributed by atoms with Gasteiger partial charge in [0.15, 0.2) is 9.84 Å². The number of hydrogen-bond donors (Lipinski definition) is 2. The van der Waals surface area contributed by atoms with Gasteiger partial charge in [0.25, 0.3) is 0 Å². The van der Waals surface area contributed by atoms with Crippen molar-refractivity contribution in [1.82, 2.24) is 10.6 Å². The van der Waals surface area contributed by atoms with Crippen LogP contribution in [0, 0.1) is 5.82 Å². The number of hydrogen-bond acceptors (Lipinski definition) is 4. The first-order valence-electron chi connectivity index (χ1n) is 7.47. The largest absolute Gasteiger partial charge is 0.351 e. The number of benzene rings is 1. The number of amides is 2. The van der Waals surface area contributed by atoms with Gasteiger partial charge in [-0.05, 0) is 36.6 Å². The highest BCUT2D eigenvalue weighted by Crippen LogP contribution is 2.13. The van der Waals surface area contributed by atoms with Gasteiger partial charge in [-0.1, -0.05) is 12.1 Å². The van der Waals surface area contributed by atoms with Crippen molar-refractivity contribution in [1.29, 1.82) is 0 Å². The van der Waals surface area contributed by atoms with Gasteiger partial charge in [-0.2, -0.15) is 0 Å². The van der Waals surface area contributed by atoms with E-state index in [2.05, 4.69) is 10.6 Å². The van der Waals surface area contributed by atoms with Crippen molar-refractivity contribution >= 4 is 27.2 Å². The molecule has 1 aliphatic rings. The van der Waals surface area contributed by atoms with Crippen LogP contribution in [0.4, 0.5) is 4.39 Å². The molecule has 1 fully saturated rings. The third-order valence-corrected chi connectivity index (χ3v) is 5.44. The van der Waals surface area contributed by atoms with Gasteiger partial charge in [0, 0.05) is 12.1 Å². The predicted molar refractivity (Wildman–Crippen MR) is 88.3 cm³/mol. The van der Waals surface area contributed by atoms with E-state index < -0.39 is 27.7 Å². The minimum absolute atomic E-state index is 0.0593. The van der Waals surface area contributed by atoms with Crippen LogP contribution in [0.2, 0.25) is 0 Å². The Morgan fingerprint density at radius 1 is 1.29 bits per heavy atom. The van der Waals surface area contributed by atoms with Crippen LogP contribution >= 0.6 is 0 Å². The van der Waals surface area contributed by atoms with Gasteiger partial charge in [0.2, 0.25) is 11.8 Å². The monoisotopic (exact) mass is 354 g/mol. The highest BCUT2D eigenvalue weighted by molar-refractivity contribution is 7.91. The molecule has 0 unspecified atom stereocenters. The Morgan fingerprint density at radius 2 is 1.96 bits per heavy atom. The molecule has 24 heavy (non-hydrogen) atoms. The molecule has 130 valence electrons. The van der Waals surface area contributed by atoms with Gasteiger partial charge < -0.3 is 10.6 Å². The van der Waals surface area contributed by atoms with E-state index in [1.54, 1.807) is 19.1 Å². The molecule has 0 radical (unpaired) electrons. The first-order valence-corrected chi connectivity index (χ1v) is 9.29. The zero-order chi connectivity index (χ0) is 17.7. The predicted octanol–water partition coefficient (Wildman–Crippen LogP) is 0.649. The fraction of sp³-hybridized carbons (Fsp3) is 0.375.